The number of rotatable bonds is 7. The van der Waals surface area contributed by atoms with Crippen LogP contribution in [-0.2, 0) is 17.6 Å². The molecule has 4 heteroatoms. The quantitative estimate of drug-likeness (QED) is 0.648. The van der Waals surface area contributed by atoms with Crippen LogP contribution in [0.3, 0.4) is 0 Å². The molecule has 0 fully saturated rings. The zero-order chi connectivity index (χ0) is 20.1. The van der Waals surface area contributed by atoms with Crippen molar-refractivity contribution in [3.05, 3.63) is 95.1 Å². The molecule has 0 unspecified atom stereocenters. The molecule has 0 aliphatic heterocycles. The van der Waals surface area contributed by atoms with E-state index < -0.39 is 17.8 Å². The molecule has 4 nitrogen and oxygen atoms in total. The predicted molar refractivity (Wildman–Crippen MR) is 110 cm³/mol. The Balaban J connectivity index is 1.98. The number of carboxylic acid groups (broad SMARTS) is 1. The summed E-state index contributed by atoms with van der Waals surface area (Å²) in [7, 11) is 0. The maximum Gasteiger partial charge on any atom is 0.306 e. The molecule has 0 heterocycles. The molecule has 0 saturated carbocycles. The summed E-state index contributed by atoms with van der Waals surface area (Å²) in [6.45, 7) is 1.68. The lowest BCUT2D eigenvalue weighted by Crippen LogP contribution is -2.13. The molecule has 142 valence electrons. The molecule has 1 amide bonds. The minimum atomic E-state index is -0.826. The van der Waals surface area contributed by atoms with Crippen LogP contribution in [0.5, 0.6) is 0 Å². The maximum absolute atomic E-state index is 12.0. The average Bonchev–Trinajstić information content (AvgIpc) is 2.68. The van der Waals surface area contributed by atoms with Gasteiger partial charge in [0, 0.05) is 5.56 Å². The van der Waals surface area contributed by atoms with Crippen LogP contribution in [0.25, 0.3) is 11.1 Å². The molecular weight excluding hydrogens is 350 g/mol. The fourth-order valence-electron chi connectivity index (χ4n) is 3.29. The normalized spacial score (nSPS) is 11.8. The molecule has 0 aromatic heterocycles. The molecule has 3 rings (SSSR count). The first-order valence-corrected chi connectivity index (χ1v) is 9.23. The molecule has 3 N–H and O–H groups in total. The van der Waals surface area contributed by atoms with Crippen LogP contribution in [0.2, 0.25) is 0 Å². The summed E-state index contributed by atoms with van der Waals surface area (Å²) >= 11 is 0. The van der Waals surface area contributed by atoms with Crippen molar-refractivity contribution in [2.75, 3.05) is 0 Å². The van der Waals surface area contributed by atoms with Crippen LogP contribution in [0.1, 0.15) is 34.0 Å². The zero-order valence-corrected chi connectivity index (χ0v) is 15.8. The van der Waals surface area contributed by atoms with Gasteiger partial charge in [-0.15, -0.1) is 0 Å². The van der Waals surface area contributed by atoms with Crippen molar-refractivity contribution < 1.29 is 14.7 Å². The van der Waals surface area contributed by atoms with Crippen molar-refractivity contribution in [1.82, 2.24) is 0 Å². The lowest BCUT2D eigenvalue weighted by Gasteiger charge is -2.13. The first-order chi connectivity index (χ1) is 13.4. The smallest absolute Gasteiger partial charge is 0.306 e. The van der Waals surface area contributed by atoms with Gasteiger partial charge in [-0.3, -0.25) is 9.59 Å². The SMILES string of the molecule is C[C@@H](Cc1cccc(-c2cc(Cc3ccccc3)ccc2C(N)=O)c1)C(=O)O. The van der Waals surface area contributed by atoms with Gasteiger partial charge in [0.2, 0.25) is 5.91 Å². The summed E-state index contributed by atoms with van der Waals surface area (Å²) in [6, 6.07) is 23.4. The largest absolute Gasteiger partial charge is 0.481 e. The molecule has 1 atom stereocenters. The highest BCUT2D eigenvalue weighted by molar-refractivity contribution is 6.00. The summed E-state index contributed by atoms with van der Waals surface area (Å²) in [5.41, 5.74) is 10.9. The van der Waals surface area contributed by atoms with E-state index in [1.807, 2.05) is 54.6 Å². The van der Waals surface area contributed by atoms with E-state index in [4.69, 9.17) is 10.8 Å². The topological polar surface area (TPSA) is 80.4 Å². The molecular formula is C24H23NO3. The Morgan fingerprint density at radius 2 is 1.61 bits per heavy atom. The maximum atomic E-state index is 12.0. The zero-order valence-electron chi connectivity index (χ0n) is 15.8. The van der Waals surface area contributed by atoms with E-state index in [0.29, 0.717) is 12.0 Å². The van der Waals surface area contributed by atoms with Crippen molar-refractivity contribution in [2.45, 2.75) is 19.8 Å². The second-order valence-electron chi connectivity index (χ2n) is 7.05. The first-order valence-electron chi connectivity index (χ1n) is 9.23. The number of nitrogens with two attached hydrogens (primary N) is 1. The minimum Gasteiger partial charge on any atom is -0.481 e. The number of hydrogen-bond acceptors (Lipinski definition) is 2. The third-order valence-electron chi connectivity index (χ3n) is 4.80. The van der Waals surface area contributed by atoms with Crippen LogP contribution >= 0.6 is 0 Å². The average molecular weight is 373 g/mol. The molecule has 0 saturated heterocycles. The second kappa shape index (κ2) is 8.53. The van der Waals surface area contributed by atoms with E-state index >= 15 is 0 Å². The van der Waals surface area contributed by atoms with Crippen molar-refractivity contribution in [3.8, 4) is 11.1 Å². The van der Waals surface area contributed by atoms with Crippen LogP contribution in [0.15, 0.2) is 72.8 Å². The van der Waals surface area contributed by atoms with Gasteiger partial charge in [0.05, 0.1) is 5.92 Å². The number of carboxylic acids is 1. The van der Waals surface area contributed by atoms with Crippen molar-refractivity contribution in [3.63, 3.8) is 0 Å². The summed E-state index contributed by atoms with van der Waals surface area (Å²) in [4.78, 5) is 23.1. The molecule has 0 radical (unpaired) electrons. The van der Waals surface area contributed by atoms with Gasteiger partial charge in [0.25, 0.3) is 0 Å². The van der Waals surface area contributed by atoms with E-state index in [-0.39, 0.29) is 0 Å². The Labute approximate surface area is 164 Å². The third-order valence-corrected chi connectivity index (χ3v) is 4.80. The van der Waals surface area contributed by atoms with Crippen LogP contribution in [0, 0.1) is 5.92 Å². The number of amides is 1. The fourth-order valence-corrected chi connectivity index (χ4v) is 3.29. The predicted octanol–water partition coefficient (Wildman–Crippen LogP) is 4.31. The van der Waals surface area contributed by atoms with Crippen LogP contribution in [0.4, 0.5) is 0 Å². The van der Waals surface area contributed by atoms with Crippen LogP contribution in [-0.4, -0.2) is 17.0 Å². The molecule has 3 aromatic carbocycles. The number of hydrogen-bond donors (Lipinski definition) is 2. The van der Waals surface area contributed by atoms with Crippen molar-refractivity contribution in [2.24, 2.45) is 11.7 Å². The van der Waals surface area contributed by atoms with Gasteiger partial charge in [0.15, 0.2) is 0 Å². The van der Waals surface area contributed by atoms with Gasteiger partial charge in [-0.1, -0.05) is 73.7 Å². The van der Waals surface area contributed by atoms with E-state index in [2.05, 4.69) is 12.1 Å². The molecule has 3 aromatic rings. The lowest BCUT2D eigenvalue weighted by atomic mass is 9.92. The second-order valence-corrected chi connectivity index (χ2v) is 7.05. The highest BCUT2D eigenvalue weighted by Gasteiger charge is 2.14. The lowest BCUT2D eigenvalue weighted by molar-refractivity contribution is -0.141. The number of carbonyl (C=O) groups excluding carboxylic acids is 1. The van der Waals surface area contributed by atoms with Gasteiger partial charge < -0.3 is 10.8 Å². The van der Waals surface area contributed by atoms with Crippen LogP contribution < -0.4 is 5.73 Å². The first kappa shape index (κ1) is 19.4. The van der Waals surface area contributed by atoms with Gasteiger partial charge >= 0.3 is 5.97 Å². The summed E-state index contributed by atoms with van der Waals surface area (Å²) in [5.74, 6) is -1.78. The Bertz CT molecular complexity index is 996. The number of benzene rings is 3. The molecule has 0 aliphatic rings. The molecule has 0 aliphatic carbocycles. The Morgan fingerprint density at radius 3 is 2.29 bits per heavy atom. The highest BCUT2D eigenvalue weighted by atomic mass is 16.4. The fraction of sp³-hybridized carbons (Fsp3) is 0.167. The molecule has 28 heavy (non-hydrogen) atoms. The third kappa shape index (κ3) is 4.65. The Hall–Kier alpha value is -3.40. The van der Waals surface area contributed by atoms with Gasteiger partial charge in [-0.25, -0.2) is 0 Å². The van der Waals surface area contributed by atoms with Crippen molar-refractivity contribution in [1.29, 1.82) is 0 Å². The van der Waals surface area contributed by atoms with E-state index in [0.717, 1.165) is 28.7 Å². The minimum absolute atomic E-state index is 0.429. The number of carbonyl (C=O) groups is 2. The van der Waals surface area contributed by atoms with E-state index in [1.165, 1.54) is 5.56 Å². The van der Waals surface area contributed by atoms with Gasteiger partial charge in [-0.05, 0) is 46.7 Å². The highest BCUT2D eigenvalue weighted by Crippen LogP contribution is 2.27. The van der Waals surface area contributed by atoms with Gasteiger partial charge in [0.1, 0.15) is 0 Å². The molecule has 0 bridgehead atoms. The number of primary amides is 1. The van der Waals surface area contributed by atoms with E-state index in [9.17, 15) is 9.59 Å². The summed E-state index contributed by atoms with van der Waals surface area (Å²) in [6.07, 6.45) is 1.18. The monoisotopic (exact) mass is 373 g/mol. The summed E-state index contributed by atoms with van der Waals surface area (Å²) < 4.78 is 0. The van der Waals surface area contributed by atoms with E-state index in [1.54, 1.807) is 13.0 Å². The Morgan fingerprint density at radius 1 is 0.893 bits per heavy atom. The number of aliphatic carboxylic acids is 1. The standard InChI is InChI=1S/C24H23NO3/c1-16(24(27)28)12-18-8-5-9-20(14-18)22-15-19(10-11-21(22)23(25)26)13-17-6-3-2-4-7-17/h2-11,14-16H,12-13H2,1H3,(H2,25,26)(H,27,28)/t16-/m0/s1. The Kier molecular flexibility index (Phi) is 5.90. The van der Waals surface area contributed by atoms with Gasteiger partial charge in [-0.2, -0.15) is 0 Å². The van der Waals surface area contributed by atoms with Crippen molar-refractivity contribution >= 4 is 11.9 Å². The summed E-state index contributed by atoms with van der Waals surface area (Å²) in [5, 5.41) is 9.16. The molecule has 0 spiro atoms.